The molecule has 0 aromatic heterocycles. The standard InChI is InChI=1S/C15H22N2O3/c1-4-13(16)14(18)17(11(2)15(19)20-3)10-12-8-6-5-7-9-12/h5-9,11,13H,4,10,16H2,1-3H3/t11-,13+/m1/s1. The second-order valence-corrected chi connectivity index (χ2v) is 4.67. The highest BCUT2D eigenvalue weighted by molar-refractivity contribution is 5.87. The van der Waals surface area contributed by atoms with Gasteiger partial charge in [-0.15, -0.1) is 0 Å². The van der Waals surface area contributed by atoms with Gasteiger partial charge in [-0.05, 0) is 18.9 Å². The lowest BCUT2D eigenvalue weighted by Gasteiger charge is -2.29. The van der Waals surface area contributed by atoms with Gasteiger partial charge in [0.1, 0.15) is 6.04 Å². The van der Waals surface area contributed by atoms with Gasteiger partial charge in [0.15, 0.2) is 0 Å². The first-order valence-electron chi connectivity index (χ1n) is 6.69. The van der Waals surface area contributed by atoms with Crippen molar-refractivity contribution in [3.63, 3.8) is 0 Å². The second kappa shape index (κ2) is 7.65. The summed E-state index contributed by atoms with van der Waals surface area (Å²) in [6, 6.07) is 8.22. The molecule has 0 fully saturated rings. The summed E-state index contributed by atoms with van der Waals surface area (Å²) in [6.45, 7) is 3.82. The van der Waals surface area contributed by atoms with Crippen LogP contribution < -0.4 is 5.73 Å². The van der Waals surface area contributed by atoms with Crippen LogP contribution in [0.5, 0.6) is 0 Å². The average molecular weight is 278 g/mol. The molecule has 1 aromatic rings. The molecule has 0 unspecified atom stereocenters. The van der Waals surface area contributed by atoms with Crippen molar-refractivity contribution in [2.24, 2.45) is 5.73 Å². The van der Waals surface area contributed by atoms with Crippen molar-refractivity contribution < 1.29 is 14.3 Å². The lowest BCUT2D eigenvalue weighted by molar-refractivity contribution is -0.153. The number of hydrogen-bond donors (Lipinski definition) is 1. The third-order valence-electron chi connectivity index (χ3n) is 3.25. The molecule has 1 aromatic carbocycles. The number of nitrogens with two attached hydrogens (primary N) is 1. The fraction of sp³-hybridized carbons (Fsp3) is 0.467. The van der Waals surface area contributed by atoms with Gasteiger partial charge in [-0.25, -0.2) is 4.79 Å². The zero-order valence-electron chi connectivity index (χ0n) is 12.2. The van der Waals surface area contributed by atoms with Crippen LogP contribution in [-0.2, 0) is 20.9 Å². The summed E-state index contributed by atoms with van der Waals surface area (Å²) in [5, 5.41) is 0. The molecule has 0 heterocycles. The Bertz CT molecular complexity index is 448. The molecular weight excluding hydrogens is 256 g/mol. The zero-order chi connectivity index (χ0) is 15.1. The minimum absolute atomic E-state index is 0.241. The predicted molar refractivity (Wildman–Crippen MR) is 76.7 cm³/mol. The van der Waals surface area contributed by atoms with Crippen LogP contribution in [0, 0.1) is 0 Å². The smallest absolute Gasteiger partial charge is 0.328 e. The first-order valence-corrected chi connectivity index (χ1v) is 6.69. The third kappa shape index (κ3) is 4.06. The summed E-state index contributed by atoms with van der Waals surface area (Å²) in [4.78, 5) is 25.5. The number of carbonyl (C=O) groups excluding carboxylic acids is 2. The Morgan fingerprint density at radius 3 is 2.40 bits per heavy atom. The summed E-state index contributed by atoms with van der Waals surface area (Å²) < 4.78 is 4.72. The van der Waals surface area contributed by atoms with Crippen LogP contribution in [0.4, 0.5) is 0 Å². The van der Waals surface area contributed by atoms with Crippen LogP contribution in [0.25, 0.3) is 0 Å². The molecule has 0 spiro atoms. The van der Waals surface area contributed by atoms with E-state index in [0.717, 1.165) is 5.56 Å². The third-order valence-corrected chi connectivity index (χ3v) is 3.25. The number of amides is 1. The second-order valence-electron chi connectivity index (χ2n) is 4.67. The number of esters is 1. The molecule has 0 radical (unpaired) electrons. The fourth-order valence-electron chi connectivity index (χ4n) is 1.87. The summed E-state index contributed by atoms with van der Waals surface area (Å²) in [5.41, 5.74) is 6.75. The van der Waals surface area contributed by atoms with Crippen molar-refractivity contribution in [2.45, 2.75) is 38.9 Å². The van der Waals surface area contributed by atoms with Crippen LogP contribution in [0.3, 0.4) is 0 Å². The van der Waals surface area contributed by atoms with Crippen molar-refractivity contribution >= 4 is 11.9 Å². The van der Waals surface area contributed by atoms with Gasteiger partial charge in [0.2, 0.25) is 5.91 Å². The quantitative estimate of drug-likeness (QED) is 0.796. The van der Waals surface area contributed by atoms with E-state index in [1.165, 1.54) is 12.0 Å². The molecule has 5 nitrogen and oxygen atoms in total. The predicted octanol–water partition coefficient (Wildman–Crippen LogP) is 1.31. The van der Waals surface area contributed by atoms with Crippen molar-refractivity contribution in [1.82, 2.24) is 4.90 Å². The van der Waals surface area contributed by atoms with Crippen molar-refractivity contribution in [3.05, 3.63) is 35.9 Å². The van der Waals surface area contributed by atoms with Crippen LogP contribution in [0.2, 0.25) is 0 Å². The molecule has 0 saturated carbocycles. The number of benzene rings is 1. The Balaban J connectivity index is 2.95. The summed E-state index contributed by atoms with van der Waals surface area (Å²) in [7, 11) is 1.31. The fourth-order valence-corrected chi connectivity index (χ4v) is 1.87. The van der Waals surface area contributed by atoms with Crippen LogP contribution in [0.1, 0.15) is 25.8 Å². The maximum atomic E-state index is 12.3. The van der Waals surface area contributed by atoms with Gasteiger partial charge in [-0.3, -0.25) is 4.79 Å². The van der Waals surface area contributed by atoms with E-state index in [4.69, 9.17) is 10.5 Å². The Kier molecular flexibility index (Phi) is 6.18. The van der Waals surface area contributed by atoms with Gasteiger partial charge in [-0.1, -0.05) is 37.3 Å². The molecule has 5 heteroatoms. The van der Waals surface area contributed by atoms with E-state index in [0.29, 0.717) is 13.0 Å². The zero-order valence-corrected chi connectivity index (χ0v) is 12.2. The van der Waals surface area contributed by atoms with Crippen LogP contribution in [-0.4, -0.2) is 36.0 Å². The molecule has 2 N–H and O–H groups in total. The van der Waals surface area contributed by atoms with Crippen molar-refractivity contribution in [1.29, 1.82) is 0 Å². The van der Waals surface area contributed by atoms with Crippen molar-refractivity contribution in [3.8, 4) is 0 Å². The lowest BCUT2D eigenvalue weighted by atomic mass is 10.1. The minimum atomic E-state index is -0.662. The molecule has 0 aliphatic heterocycles. The Morgan fingerprint density at radius 1 is 1.30 bits per heavy atom. The number of carbonyl (C=O) groups is 2. The average Bonchev–Trinajstić information content (AvgIpc) is 2.50. The highest BCUT2D eigenvalue weighted by Crippen LogP contribution is 2.12. The Hall–Kier alpha value is -1.88. The molecule has 0 saturated heterocycles. The molecular formula is C15H22N2O3. The van der Waals surface area contributed by atoms with Gasteiger partial charge in [0.25, 0.3) is 0 Å². The van der Waals surface area contributed by atoms with Gasteiger partial charge in [0, 0.05) is 6.54 Å². The number of nitrogens with zero attached hydrogens (tertiary/aromatic N) is 1. The number of ether oxygens (including phenoxy) is 1. The topological polar surface area (TPSA) is 72.6 Å². The van der Waals surface area contributed by atoms with Crippen molar-refractivity contribution in [2.75, 3.05) is 7.11 Å². The molecule has 0 bridgehead atoms. The van der Waals surface area contributed by atoms with Gasteiger partial charge in [0.05, 0.1) is 13.2 Å². The molecule has 0 aliphatic rings. The number of methoxy groups -OCH3 is 1. The van der Waals surface area contributed by atoms with E-state index in [1.54, 1.807) is 6.92 Å². The van der Waals surface area contributed by atoms with Gasteiger partial charge in [-0.2, -0.15) is 0 Å². The van der Waals surface area contributed by atoms with Gasteiger partial charge >= 0.3 is 5.97 Å². The van der Waals surface area contributed by atoms with E-state index < -0.39 is 18.1 Å². The minimum Gasteiger partial charge on any atom is -0.467 e. The maximum absolute atomic E-state index is 12.3. The Morgan fingerprint density at radius 2 is 1.90 bits per heavy atom. The Labute approximate surface area is 119 Å². The molecule has 1 amide bonds. The molecule has 110 valence electrons. The molecule has 0 aliphatic carbocycles. The SMILES string of the molecule is CC[C@H](N)C(=O)N(Cc1ccccc1)[C@H](C)C(=O)OC. The largest absolute Gasteiger partial charge is 0.467 e. The highest BCUT2D eigenvalue weighted by Gasteiger charge is 2.29. The number of hydrogen-bond acceptors (Lipinski definition) is 4. The summed E-state index contributed by atoms with van der Waals surface area (Å²) in [5.74, 6) is -0.688. The van der Waals surface area contributed by atoms with E-state index in [1.807, 2.05) is 37.3 Å². The lowest BCUT2D eigenvalue weighted by Crippen LogP contribution is -2.50. The van der Waals surface area contributed by atoms with Gasteiger partial charge < -0.3 is 15.4 Å². The summed E-state index contributed by atoms with van der Waals surface area (Å²) >= 11 is 0. The van der Waals surface area contributed by atoms with E-state index in [2.05, 4.69) is 0 Å². The first-order chi connectivity index (χ1) is 9.51. The van der Waals surface area contributed by atoms with E-state index in [-0.39, 0.29) is 5.91 Å². The monoisotopic (exact) mass is 278 g/mol. The normalized spacial score (nSPS) is 13.4. The van der Waals surface area contributed by atoms with E-state index in [9.17, 15) is 9.59 Å². The summed E-state index contributed by atoms with van der Waals surface area (Å²) in [6.07, 6.45) is 0.526. The molecule has 20 heavy (non-hydrogen) atoms. The first kappa shape index (κ1) is 16.2. The van der Waals surface area contributed by atoms with E-state index >= 15 is 0 Å². The molecule has 1 rings (SSSR count). The van der Waals surface area contributed by atoms with Crippen LogP contribution >= 0.6 is 0 Å². The highest BCUT2D eigenvalue weighted by atomic mass is 16.5. The number of rotatable bonds is 6. The van der Waals surface area contributed by atoms with Crippen LogP contribution in [0.15, 0.2) is 30.3 Å². The maximum Gasteiger partial charge on any atom is 0.328 e. The molecule has 2 atom stereocenters.